The van der Waals surface area contributed by atoms with Gasteiger partial charge in [0.05, 0.1) is 30.4 Å². The molecule has 3 aromatic heterocycles. The van der Waals surface area contributed by atoms with E-state index >= 15 is 0 Å². The molecule has 2 aliphatic carbocycles. The minimum absolute atomic E-state index is 0.0136. The maximum atomic E-state index is 14.1. The van der Waals surface area contributed by atoms with Crippen molar-refractivity contribution in [2.24, 2.45) is 0 Å². The summed E-state index contributed by atoms with van der Waals surface area (Å²) >= 11 is 0. The predicted molar refractivity (Wildman–Crippen MR) is 145 cm³/mol. The number of rotatable bonds is 10. The molecule has 0 radical (unpaired) electrons. The number of esters is 1. The largest absolute Gasteiger partial charge is 0.465 e. The van der Waals surface area contributed by atoms with Gasteiger partial charge in [-0.3, -0.25) is 14.6 Å². The van der Waals surface area contributed by atoms with E-state index in [4.69, 9.17) is 4.74 Å². The fourth-order valence-corrected chi connectivity index (χ4v) is 4.60. The summed E-state index contributed by atoms with van der Waals surface area (Å²) in [6.07, 6.45) is 9.01. The number of ether oxygens (including phenoxy) is 1. The number of nitrogens with zero attached hydrogens (tertiary/aromatic N) is 4. The van der Waals surface area contributed by atoms with E-state index in [1.54, 1.807) is 6.92 Å². The van der Waals surface area contributed by atoms with Crippen LogP contribution in [0.1, 0.15) is 55.9 Å². The first-order valence-corrected chi connectivity index (χ1v) is 13.4. The number of urea groups is 1. The third kappa shape index (κ3) is 6.74. The zero-order chi connectivity index (χ0) is 28.1. The number of hydrogen-bond acceptors (Lipinski definition) is 9. The topological polar surface area (TPSA) is 164 Å². The summed E-state index contributed by atoms with van der Waals surface area (Å²) in [5.74, 6) is -1.10. The van der Waals surface area contributed by atoms with Crippen molar-refractivity contribution in [1.29, 1.82) is 0 Å². The molecule has 14 heteroatoms. The summed E-state index contributed by atoms with van der Waals surface area (Å²) in [4.78, 5) is 44.7. The molecule has 3 heterocycles. The number of halogens is 1. The van der Waals surface area contributed by atoms with Crippen molar-refractivity contribution >= 4 is 40.7 Å². The van der Waals surface area contributed by atoms with E-state index in [9.17, 15) is 18.8 Å². The Kier molecular flexibility index (Phi) is 8.22. The number of carbonyl (C=O) groups is 3. The molecule has 2 fully saturated rings. The highest BCUT2D eigenvalue weighted by molar-refractivity contribution is 6.03. The van der Waals surface area contributed by atoms with Crippen molar-refractivity contribution in [3.05, 3.63) is 42.2 Å². The molecule has 0 unspecified atom stereocenters. The summed E-state index contributed by atoms with van der Waals surface area (Å²) in [6, 6.07) is 3.30. The molecule has 0 aliphatic heterocycles. The van der Waals surface area contributed by atoms with Gasteiger partial charge in [-0.25, -0.2) is 18.7 Å². The summed E-state index contributed by atoms with van der Waals surface area (Å²) in [7, 11) is 0. The quantitative estimate of drug-likeness (QED) is 0.238. The van der Waals surface area contributed by atoms with Crippen molar-refractivity contribution in [3.8, 4) is 0 Å². The molecule has 40 heavy (non-hydrogen) atoms. The average molecular weight is 554 g/mol. The van der Waals surface area contributed by atoms with Gasteiger partial charge in [0.1, 0.15) is 12.4 Å². The lowest BCUT2D eigenvalue weighted by Crippen LogP contribution is -2.46. The number of anilines is 3. The summed E-state index contributed by atoms with van der Waals surface area (Å²) < 4.78 is 20.3. The molecular formula is C26H32FN9O4. The van der Waals surface area contributed by atoms with Crippen molar-refractivity contribution in [2.75, 3.05) is 29.1 Å². The molecule has 5 rings (SSSR count). The lowest BCUT2D eigenvalue weighted by Gasteiger charge is -2.30. The number of pyridine rings is 1. The maximum Gasteiger partial charge on any atom is 0.325 e. The van der Waals surface area contributed by atoms with Crippen LogP contribution < -0.4 is 26.6 Å². The maximum absolute atomic E-state index is 14.1. The van der Waals surface area contributed by atoms with Crippen LogP contribution in [0.25, 0.3) is 5.65 Å². The Morgan fingerprint density at radius 1 is 1.02 bits per heavy atom. The molecule has 2 aliphatic rings. The van der Waals surface area contributed by atoms with Crippen LogP contribution in [-0.2, 0) is 9.53 Å². The molecule has 13 nitrogen and oxygen atoms in total. The Bertz CT molecular complexity index is 1390. The van der Waals surface area contributed by atoms with Gasteiger partial charge in [-0.2, -0.15) is 0 Å². The first-order chi connectivity index (χ1) is 19.4. The number of hydrogen-bond donors (Lipinski definition) is 5. The SMILES string of the molecule is CCOC(=O)CNC(=O)NC1CCC(Nc2cc(NC3CC3)c3ncc(C(=O)Nc4ccncc4F)n3n2)CC1. The summed E-state index contributed by atoms with van der Waals surface area (Å²) in [5, 5.41) is 19.5. The van der Waals surface area contributed by atoms with Gasteiger partial charge in [-0.15, -0.1) is 5.10 Å². The number of aromatic nitrogens is 4. The molecule has 0 aromatic carbocycles. The Morgan fingerprint density at radius 3 is 2.48 bits per heavy atom. The van der Waals surface area contributed by atoms with E-state index in [1.807, 2.05) is 6.07 Å². The van der Waals surface area contributed by atoms with E-state index in [0.717, 1.165) is 50.4 Å². The molecule has 0 atom stereocenters. The molecule has 0 saturated heterocycles. The normalized spacial score (nSPS) is 18.6. The van der Waals surface area contributed by atoms with Crippen LogP contribution in [0.2, 0.25) is 0 Å². The highest BCUT2D eigenvalue weighted by Gasteiger charge is 2.26. The predicted octanol–water partition coefficient (Wildman–Crippen LogP) is 2.68. The minimum Gasteiger partial charge on any atom is -0.465 e. The van der Waals surface area contributed by atoms with Gasteiger partial charge in [0.15, 0.2) is 17.2 Å². The molecule has 0 spiro atoms. The first-order valence-electron chi connectivity index (χ1n) is 13.4. The Morgan fingerprint density at radius 2 is 1.75 bits per heavy atom. The van der Waals surface area contributed by atoms with Crippen molar-refractivity contribution in [3.63, 3.8) is 0 Å². The van der Waals surface area contributed by atoms with E-state index < -0.39 is 23.7 Å². The van der Waals surface area contributed by atoms with Crippen LogP contribution in [0.4, 0.5) is 26.4 Å². The monoisotopic (exact) mass is 553 g/mol. The lowest BCUT2D eigenvalue weighted by atomic mass is 9.91. The second-order valence-corrected chi connectivity index (χ2v) is 9.88. The fraction of sp³-hybridized carbons (Fsp3) is 0.462. The van der Waals surface area contributed by atoms with Gasteiger partial charge in [0.2, 0.25) is 0 Å². The van der Waals surface area contributed by atoms with E-state index in [0.29, 0.717) is 17.5 Å². The van der Waals surface area contributed by atoms with Crippen LogP contribution in [-0.4, -0.2) is 68.8 Å². The van der Waals surface area contributed by atoms with Crippen molar-refractivity contribution < 1.29 is 23.5 Å². The van der Waals surface area contributed by atoms with Crippen LogP contribution in [0.5, 0.6) is 0 Å². The second kappa shape index (κ2) is 12.1. The van der Waals surface area contributed by atoms with Crippen LogP contribution in [0.15, 0.2) is 30.7 Å². The van der Waals surface area contributed by atoms with E-state index in [2.05, 4.69) is 41.7 Å². The number of fused-ring (bicyclic) bond motifs is 1. The smallest absolute Gasteiger partial charge is 0.325 e. The second-order valence-electron chi connectivity index (χ2n) is 9.88. The lowest BCUT2D eigenvalue weighted by molar-refractivity contribution is -0.141. The van der Waals surface area contributed by atoms with Crippen molar-refractivity contribution in [1.82, 2.24) is 30.2 Å². The van der Waals surface area contributed by atoms with Crippen LogP contribution in [0.3, 0.4) is 0 Å². The van der Waals surface area contributed by atoms with Gasteiger partial charge in [0, 0.05) is 30.4 Å². The summed E-state index contributed by atoms with van der Waals surface area (Å²) in [5.41, 5.74) is 1.43. The van der Waals surface area contributed by atoms with Gasteiger partial charge in [-0.05, 0) is 51.5 Å². The first kappa shape index (κ1) is 27.1. The van der Waals surface area contributed by atoms with Crippen LogP contribution in [0, 0.1) is 5.82 Å². The third-order valence-electron chi connectivity index (χ3n) is 6.77. The third-order valence-corrected chi connectivity index (χ3v) is 6.77. The molecular weight excluding hydrogens is 521 g/mol. The average Bonchev–Trinajstić information content (AvgIpc) is 3.65. The highest BCUT2D eigenvalue weighted by atomic mass is 19.1. The fourth-order valence-electron chi connectivity index (χ4n) is 4.60. The van der Waals surface area contributed by atoms with E-state index in [1.165, 1.54) is 23.0 Å². The molecule has 3 amide bonds. The van der Waals surface area contributed by atoms with Gasteiger partial charge >= 0.3 is 12.0 Å². The van der Waals surface area contributed by atoms with Gasteiger partial charge < -0.3 is 31.3 Å². The number of carbonyl (C=O) groups excluding carboxylic acids is 3. The van der Waals surface area contributed by atoms with Gasteiger partial charge in [-0.1, -0.05) is 0 Å². The molecule has 0 bridgehead atoms. The zero-order valence-corrected chi connectivity index (χ0v) is 22.1. The zero-order valence-electron chi connectivity index (χ0n) is 22.1. The molecule has 3 aromatic rings. The molecule has 5 N–H and O–H groups in total. The molecule has 212 valence electrons. The highest BCUT2D eigenvalue weighted by Crippen LogP contribution is 2.30. The van der Waals surface area contributed by atoms with Crippen molar-refractivity contribution in [2.45, 2.75) is 63.6 Å². The van der Waals surface area contributed by atoms with Gasteiger partial charge in [0.25, 0.3) is 5.91 Å². The number of imidazole rings is 1. The summed E-state index contributed by atoms with van der Waals surface area (Å²) in [6.45, 7) is 1.80. The standard InChI is InChI=1S/C26H32FN9O4/c1-2-40-23(37)14-30-26(39)33-17-7-5-16(6-8-17)32-22-11-20(31-15-3-4-15)24-29-13-21(36(24)35-22)25(38)34-19-9-10-28-12-18(19)27/h9-13,15-17,31H,2-8,14H2,1H3,(H,32,35)(H,28,34,38)(H2,30,33,39). The Balaban J connectivity index is 1.24. The molecule has 2 saturated carbocycles. The Hall–Kier alpha value is -4.49. The van der Waals surface area contributed by atoms with E-state index in [-0.39, 0.29) is 36.6 Å². The Labute approximate surface area is 229 Å². The number of nitrogens with one attached hydrogen (secondary N) is 5. The van der Waals surface area contributed by atoms with Crippen LogP contribution >= 0.6 is 0 Å². The number of amides is 3. The minimum atomic E-state index is -0.641.